The Bertz CT molecular complexity index is 1020. The van der Waals surface area contributed by atoms with Crippen molar-refractivity contribution in [2.75, 3.05) is 11.9 Å². The molecule has 3 N–H and O–H groups in total. The van der Waals surface area contributed by atoms with Gasteiger partial charge in [-0.3, -0.25) is 4.79 Å². The third-order valence-corrected chi connectivity index (χ3v) is 3.83. The molecule has 29 heavy (non-hydrogen) atoms. The van der Waals surface area contributed by atoms with Crippen molar-refractivity contribution in [1.82, 2.24) is 20.4 Å². The van der Waals surface area contributed by atoms with E-state index in [1.807, 2.05) is 30.3 Å². The number of rotatable bonds is 6. The summed E-state index contributed by atoms with van der Waals surface area (Å²) in [6.45, 7) is -0.328. The Morgan fingerprint density at radius 1 is 0.966 bits per heavy atom. The normalized spacial score (nSPS) is 10.4. The van der Waals surface area contributed by atoms with E-state index in [0.29, 0.717) is 6.07 Å². The number of halogens is 3. The Hall–Kier alpha value is -3.82. The van der Waals surface area contributed by atoms with E-state index in [-0.39, 0.29) is 6.54 Å². The van der Waals surface area contributed by atoms with Crippen LogP contribution >= 0.6 is 0 Å². The summed E-state index contributed by atoms with van der Waals surface area (Å²) in [7, 11) is 0. The SMILES string of the molecule is O=C(CNC(=O)NCc1cnn(-c2ccccc2)c1)Nc1ccc(F)c(F)c1F. The van der Waals surface area contributed by atoms with E-state index in [9.17, 15) is 22.8 Å². The molecule has 0 aliphatic heterocycles. The summed E-state index contributed by atoms with van der Waals surface area (Å²) >= 11 is 0. The lowest BCUT2D eigenvalue weighted by atomic mass is 10.2. The average Bonchev–Trinajstić information content (AvgIpc) is 3.21. The molecule has 0 radical (unpaired) electrons. The monoisotopic (exact) mass is 403 g/mol. The zero-order valence-corrected chi connectivity index (χ0v) is 15.0. The molecule has 2 aromatic carbocycles. The molecule has 0 fully saturated rings. The number of urea groups is 1. The molecule has 0 aliphatic rings. The van der Waals surface area contributed by atoms with Gasteiger partial charge in [-0.05, 0) is 24.3 Å². The fourth-order valence-electron chi connectivity index (χ4n) is 2.40. The van der Waals surface area contributed by atoms with Crippen LogP contribution < -0.4 is 16.0 Å². The van der Waals surface area contributed by atoms with E-state index < -0.39 is 41.6 Å². The third-order valence-electron chi connectivity index (χ3n) is 3.83. The second kappa shape index (κ2) is 8.91. The Morgan fingerprint density at radius 2 is 1.72 bits per heavy atom. The van der Waals surface area contributed by atoms with Crippen molar-refractivity contribution in [3.63, 3.8) is 0 Å². The Balaban J connectivity index is 1.45. The highest BCUT2D eigenvalue weighted by Crippen LogP contribution is 2.19. The Kier molecular flexibility index (Phi) is 6.12. The number of hydrogen-bond acceptors (Lipinski definition) is 3. The maximum absolute atomic E-state index is 13.5. The average molecular weight is 403 g/mol. The van der Waals surface area contributed by atoms with Crippen molar-refractivity contribution in [1.29, 1.82) is 0 Å². The van der Waals surface area contributed by atoms with E-state index in [4.69, 9.17) is 0 Å². The van der Waals surface area contributed by atoms with Crippen LogP contribution in [0.5, 0.6) is 0 Å². The molecular formula is C19H16F3N5O2. The molecule has 10 heteroatoms. The predicted molar refractivity (Wildman–Crippen MR) is 98.7 cm³/mol. The molecule has 0 atom stereocenters. The molecular weight excluding hydrogens is 387 g/mol. The predicted octanol–water partition coefficient (Wildman–Crippen LogP) is 2.73. The number of nitrogens with one attached hydrogen (secondary N) is 3. The van der Waals surface area contributed by atoms with Gasteiger partial charge >= 0.3 is 6.03 Å². The molecule has 3 amide bonds. The van der Waals surface area contributed by atoms with Crippen LogP contribution in [0.4, 0.5) is 23.7 Å². The van der Waals surface area contributed by atoms with Gasteiger partial charge in [0.2, 0.25) is 5.91 Å². The first-order valence-corrected chi connectivity index (χ1v) is 8.48. The van der Waals surface area contributed by atoms with Gasteiger partial charge in [0.15, 0.2) is 17.5 Å². The molecule has 1 heterocycles. The highest BCUT2D eigenvalue weighted by atomic mass is 19.2. The summed E-state index contributed by atoms with van der Waals surface area (Å²) in [5, 5.41) is 11.1. The largest absolute Gasteiger partial charge is 0.334 e. The van der Waals surface area contributed by atoms with Crippen molar-refractivity contribution in [3.8, 4) is 5.69 Å². The highest BCUT2D eigenvalue weighted by molar-refractivity contribution is 5.94. The van der Waals surface area contributed by atoms with Crippen LogP contribution in [-0.4, -0.2) is 28.3 Å². The topological polar surface area (TPSA) is 88.1 Å². The lowest BCUT2D eigenvalue weighted by Crippen LogP contribution is -2.39. The van der Waals surface area contributed by atoms with Crippen molar-refractivity contribution in [3.05, 3.63) is 77.9 Å². The van der Waals surface area contributed by atoms with Gasteiger partial charge < -0.3 is 16.0 Å². The van der Waals surface area contributed by atoms with Gasteiger partial charge in [0.05, 0.1) is 24.1 Å². The van der Waals surface area contributed by atoms with E-state index in [1.54, 1.807) is 17.1 Å². The first-order chi connectivity index (χ1) is 13.9. The van der Waals surface area contributed by atoms with Gasteiger partial charge in [0.25, 0.3) is 0 Å². The van der Waals surface area contributed by atoms with Crippen LogP contribution in [0.15, 0.2) is 54.9 Å². The summed E-state index contributed by atoms with van der Waals surface area (Å²) in [5.41, 5.74) is 1.08. The van der Waals surface area contributed by atoms with Crippen LogP contribution in [0.2, 0.25) is 0 Å². The quantitative estimate of drug-likeness (QED) is 0.553. The molecule has 0 unspecified atom stereocenters. The number of aromatic nitrogens is 2. The second-order valence-corrected chi connectivity index (χ2v) is 5.94. The third kappa shape index (κ3) is 5.12. The van der Waals surface area contributed by atoms with Gasteiger partial charge in [-0.2, -0.15) is 5.10 Å². The minimum absolute atomic E-state index is 0.165. The summed E-state index contributed by atoms with van der Waals surface area (Å²) in [6.07, 6.45) is 3.33. The van der Waals surface area contributed by atoms with Crippen LogP contribution in [-0.2, 0) is 11.3 Å². The van der Waals surface area contributed by atoms with Gasteiger partial charge in [0, 0.05) is 18.3 Å². The van der Waals surface area contributed by atoms with Crippen LogP contribution in [0.1, 0.15) is 5.56 Å². The molecule has 0 aliphatic carbocycles. The molecule has 150 valence electrons. The number of carbonyl (C=O) groups is 2. The van der Waals surface area contributed by atoms with Crippen molar-refractivity contribution in [2.45, 2.75) is 6.54 Å². The number of benzene rings is 2. The molecule has 0 spiro atoms. The second-order valence-electron chi connectivity index (χ2n) is 5.94. The number of para-hydroxylation sites is 1. The molecule has 7 nitrogen and oxygen atoms in total. The summed E-state index contributed by atoms with van der Waals surface area (Å²) in [4.78, 5) is 23.6. The van der Waals surface area contributed by atoms with Crippen molar-refractivity contribution < 1.29 is 22.8 Å². The minimum Gasteiger partial charge on any atom is -0.334 e. The summed E-state index contributed by atoms with van der Waals surface area (Å²) in [6, 6.07) is 10.3. The van der Waals surface area contributed by atoms with Crippen LogP contribution in [0, 0.1) is 17.5 Å². The Morgan fingerprint density at radius 3 is 2.48 bits per heavy atom. The van der Waals surface area contributed by atoms with Crippen LogP contribution in [0.25, 0.3) is 5.69 Å². The first-order valence-electron chi connectivity index (χ1n) is 8.48. The fraction of sp³-hybridized carbons (Fsp3) is 0.105. The summed E-state index contributed by atoms with van der Waals surface area (Å²) in [5.74, 6) is -5.38. The van der Waals surface area contributed by atoms with Gasteiger partial charge in [-0.15, -0.1) is 0 Å². The zero-order chi connectivity index (χ0) is 20.8. The fourth-order valence-corrected chi connectivity index (χ4v) is 2.40. The standard InChI is InChI=1S/C19H16F3N5O2/c20-14-6-7-15(18(22)17(14)21)26-16(28)10-24-19(29)23-8-12-9-25-27(11-12)13-4-2-1-3-5-13/h1-7,9,11H,8,10H2,(H,26,28)(H2,23,24,29). The number of hydrogen-bond donors (Lipinski definition) is 3. The minimum atomic E-state index is -1.69. The number of nitrogens with zero attached hydrogens (tertiary/aromatic N) is 2. The maximum atomic E-state index is 13.5. The molecule has 0 saturated heterocycles. The van der Waals surface area contributed by atoms with Gasteiger partial charge in [-0.25, -0.2) is 22.6 Å². The molecule has 3 rings (SSSR count). The van der Waals surface area contributed by atoms with Crippen molar-refractivity contribution in [2.24, 2.45) is 0 Å². The van der Waals surface area contributed by atoms with E-state index in [1.165, 1.54) is 0 Å². The number of carbonyl (C=O) groups excluding carboxylic acids is 2. The number of anilines is 1. The van der Waals surface area contributed by atoms with E-state index in [0.717, 1.165) is 17.3 Å². The summed E-state index contributed by atoms with van der Waals surface area (Å²) < 4.78 is 41.2. The van der Waals surface area contributed by atoms with Gasteiger partial charge in [-0.1, -0.05) is 18.2 Å². The smallest absolute Gasteiger partial charge is 0.315 e. The van der Waals surface area contributed by atoms with Gasteiger partial charge in [0.1, 0.15) is 0 Å². The van der Waals surface area contributed by atoms with E-state index in [2.05, 4.69) is 21.0 Å². The molecule has 3 aromatic rings. The highest BCUT2D eigenvalue weighted by Gasteiger charge is 2.15. The number of amides is 3. The first kappa shape index (κ1) is 19.9. The lowest BCUT2D eigenvalue weighted by Gasteiger charge is -2.09. The maximum Gasteiger partial charge on any atom is 0.315 e. The van der Waals surface area contributed by atoms with E-state index >= 15 is 0 Å². The molecule has 1 aromatic heterocycles. The lowest BCUT2D eigenvalue weighted by molar-refractivity contribution is -0.115. The molecule has 0 saturated carbocycles. The molecule has 0 bridgehead atoms. The van der Waals surface area contributed by atoms with Crippen molar-refractivity contribution >= 4 is 17.6 Å². The zero-order valence-electron chi connectivity index (χ0n) is 15.0. The van der Waals surface area contributed by atoms with Crippen LogP contribution in [0.3, 0.4) is 0 Å². The Labute approximate surface area is 163 Å².